The number of aliphatic imine (C=N–C) groups is 1. The highest BCUT2D eigenvalue weighted by atomic mass is 16.6. The van der Waals surface area contributed by atoms with Gasteiger partial charge in [0, 0.05) is 39.3 Å². The van der Waals surface area contributed by atoms with E-state index in [9.17, 15) is 4.79 Å². The van der Waals surface area contributed by atoms with Gasteiger partial charge in [-0.05, 0) is 53.0 Å². The molecular formula is C19H39N5O2. The Kier molecular flexibility index (Phi) is 10.4. The van der Waals surface area contributed by atoms with Gasteiger partial charge in [-0.1, -0.05) is 13.3 Å². The summed E-state index contributed by atoms with van der Waals surface area (Å²) >= 11 is 0. The third-order valence-corrected chi connectivity index (χ3v) is 4.45. The molecular weight excluding hydrogens is 330 g/mol. The molecule has 7 nitrogen and oxygen atoms in total. The molecule has 3 N–H and O–H groups in total. The highest BCUT2D eigenvalue weighted by Gasteiger charge is 2.20. The normalized spacial score (nSPS) is 19.1. The van der Waals surface area contributed by atoms with Crippen molar-refractivity contribution >= 4 is 12.1 Å². The van der Waals surface area contributed by atoms with Crippen molar-refractivity contribution in [1.82, 2.24) is 20.9 Å². The lowest BCUT2D eigenvalue weighted by Gasteiger charge is -2.35. The van der Waals surface area contributed by atoms with Crippen LogP contribution in [0.5, 0.6) is 0 Å². The standard InChI is InChI=1S/C19H39N5O2/c1-6-16-10-7-8-14-24(16)15-13-22-17(20-5)21-11-9-12-23-18(25)26-19(2,3)4/h16H,6-15H2,1-5H3,(H,23,25)(H2,20,21,22). The second-order valence-electron chi connectivity index (χ2n) is 7.80. The summed E-state index contributed by atoms with van der Waals surface area (Å²) in [7, 11) is 1.78. The Hall–Kier alpha value is -1.50. The number of nitrogens with one attached hydrogen (secondary N) is 3. The molecule has 1 heterocycles. The number of guanidine groups is 1. The quantitative estimate of drug-likeness (QED) is 0.348. The van der Waals surface area contributed by atoms with Crippen LogP contribution in [-0.2, 0) is 4.74 Å². The summed E-state index contributed by atoms with van der Waals surface area (Å²) in [6.45, 7) is 12.3. The van der Waals surface area contributed by atoms with Gasteiger partial charge in [0.05, 0.1) is 0 Å². The number of hydrogen-bond acceptors (Lipinski definition) is 4. The average molecular weight is 370 g/mol. The molecule has 0 aromatic carbocycles. The molecule has 152 valence electrons. The number of likely N-dealkylation sites (tertiary alicyclic amines) is 1. The van der Waals surface area contributed by atoms with Crippen LogP contribution in [-0.4, -0.2) is 68.4 Å². The molecule has 1 aliphatic rings. The first-order valence-corrected chi connectivity index (χ1v) is 10.0. The van der Waals surface area contributed by atoms with Crippen molar-refractivity contribution in [2.75, 3.05) is 39.8 Å². The number of hydrogen-bond donors (Lipinski definition) is 3. The first-order chi connectivity index (χ1) is 12.4. The summed E-state index contributed by atoms with van der Waals surface area (Å²) in [4.78, 5) is 18.4. The summed E-state index contributed by atoms with van der Waals surface area (Å²) in [5.74, 6) is 0.812. The fraction of sp³-hybridized carbons (Fsp3) is 0.895. The topological polar surface area (TPSA) is 78.0 Å². The lowest BCUT2D eigenvalue weighted by Crippen LogP contribution is -2.46. The number of alkyl carbamates (subject to hydrolysis) is 1. The van der Waals surface area contributed by atoms with E-state index in [1.807, 2.05) is 20.8 Å². The maximum Gasteiger partial charge on any atom is 0.407 e. The Balaban J connectivity index is 2.12. The van der Waals surface area contributed by atoms with Crippen molar-refractivity contribution in [3.63, 3.8) is 0 Å². The van der Waals surface area contributed by atoms with Crippen molar-refractivity contribution < 1.29 is 9.53 Å². The summed E-state index contributed by atoms with van der Waals surface area (Å²) < 4.78 is 5.20. The van der Waals surface area contributed by atoms with Crippen LogP contribution in [0.4, 0.5) is 4.79 Å². The van der Waals surface area contributed by atoms with Gasteiger partial charge < -0.3 is 20.7 Å². The minimum absolute atomic E-state index is 0.369. The predicted molar refractivity (Wildman–Crippen MR) is 108 cm³/mol. The van der Waals surface area contributed by atoms with E-state index in [0.717, 1.165) is 38.1 Å². The Morgan fingerprint density at radius 1 is 1.15 bits per heavy atom. The smallest absolute Gasteiger partial charge is 0.407 e. The van der Waals surface area contributed by atoms with Crippen molar-refractivity contribution in [3.8, 4) is 0 Å². The van der Waals surface area contributed by atoms with Crippen LogP contribution in [0.3, 0.4) is 0 Å². The fourth-order valence-electron chi connectivity index (χ4n) is 3.16. The molecule has 1 rings (SSSR count). The molecule has 1 unspecified atom stereocenters. The zero-order valence-electron chi connectivity index (χ0n) is 17.4. The van der Waals surface area contributed by atoms with Gasteiger partial charge in [0.25, 0.3) is 0 Å². The molecule has 0 spiro atoms. The third kappa shape index (κ3) is 9.85. The van der Waals surface area contributed by atoms with Gasteiger partial charge in [0.1, 0.15) is 5.60 Å². The number of piperidine rings is 1. The SMILES string of the molecule is CCC1CCCCN1CCNC(=NC)NCCCNC(=O)OC(C)(C)C. The van der Waals surface area contributed by atoms with Crippen LogP contribution in [0.1, 0.15) is 59.8 Å². The van der Waals surface area contributed by atoms with Gasteiger partial charge in [0.15, 0.2) is 5.96 Å². The van der Waals surface area contributed by atoms with E-state index in [2.05, 4.69) is 32.8 Å². The fourth-order valence-corrected chi connectivity index (χ4v) is 3.16. The molecule has 1 amide bonds. The highest BCUT2D eigenvalue weighted by molar-refractivity contribution is 5.79. The average Bonchev–Trinajstić information content (AvgIpc) is 2.58. The summed E-state index contributed by atoms with van der Waals surface area (Å²) in [6.07, 6.45) is 5.68. The Morgan fingerprint density at radius 3 is 2.50 bits per heavy atom. The first-order valence-electron chi connectivity index (χ1n) is 10.0. The molecule has 0 saturated carbocycles. The van der Waals surface area contributed by atoms with Gasteiger partial charge in [-0.3, -0.25) is 9.89 Å². The maximum absolute atomic E-state index is 11.6. The van der Waals surface area contributed by atoms with Crippen LogP contribution >= 0.6 is 0 Å². The molecule has 0 aromatic rings. The second-order valence-corrected chi connectivity index (χ2v) is 7.80. The van der Waals surface area contributed by atoms with Crippen molar-refractivity contribution in [1.29, 1.82) is 0 Å². The van der Waals surface area contributed by atoms with Crippen LogP contribution in [0, 0.1) is 0 Å². The number of amides is 1. The summed E-state index contributed by atoms with van der Waals surface area (Å²) in [6, 6.07) is 0.736. The lowest BCUT2D eigenvalue weighted by molar-refractivity contribution is 0.0527. The molecule has 7 heteroatoms. The number of carbonyl (C=O) groups is 1. The molecule has 0 bridgehead atoms. The van der Waals surface area contributed by atoms with Crippen LogP contribution < -0.4 is 16.0 Å². The molecule has 1 atom stereocenters. The van der Waals surface area contributed by atoms with E-state index in [-0.39, 0.29) is 6.09 Å². The van der Waals surface area contributed by atoms with Crippen LogP contribution in [0.15, 0.2) is 4.99 Å². The van der Waals surface area contributed by atoms with E-state index in [1.54, 1.807) is 7.05 Å². The molecule has 0 aliphatic carbocycles. The lowest BCUT2D eigenvalue weighted by atomic mass is 10.0. The summed E-state index contributed by atoms with van der Waals surface area (Å²) in [5, 5.41) is 9.42. The van der Waals surface area contributed by atoms with E-state index in [0.29, 0.717) is 6.54 Å². The molecule has 0 aromatic heterocycles. The van der Waals surface area contributed by atoms with Crippen LogP contribution in [0.25, 0.3) is 0 Å². The van der Waals surface area contributed by atoms with Gasteiger partial charge in [-0.25, -0.2) is 4.79 Å². The van der Waals surface area contributed by atoms with Crippen molar-refractivity contribution in [2.24, 2.45) is 4.99 Å². The number of nitrogens with zero attached hydrogens (tertiary/aromatic N) is 2. The number of ether oxygens (including phenoxy) is 1. The van der Waals surface area contributed by atoms with E-state index >= 15 is 0 Å². The molecule has 0 radical (unpaired) electrons. The van der Waals surface area contributed by atoms with Gasteiger partial charge in [0.2, 0.25) is 0 Å². The minimum Gasteiger partial charge on any atom is -0.444 e. The van der Waals surface area contributed by atoms with Crippen molar-refractivity contribution in [3.05, 3.63) is 0 Å². The van der Waals surface area contributed by atoms with Gasteiger partial charge in [-0.15, -0.1) is 0 Å². The van der Waals surface area contributed by atoms with Gasteiger partial charge >= 0.3 is 6.09 Å². The second kappa shape index (κ2) is 12.0. The minimum atomic E-state index is -0.459. The number of rotatable bonds is 8. The van der Waals surface area contributed by atoms with E-state index in [1.165, 1.54) is 32.2 Å². The number of carbonyl (C=O) groups excluding carboxylic acids is 1. The highest BCUT2D eigenvalue weighted by Crippen LogP contribution is 2.18. The summed E-state index contributed by atoms with van der Waals surface area (Å²) in [5.41, 5.74) is -0.459. The molecule has 1 aliphatic heterocycles. The Morgan fingerprint density at radius 2 is 1.85 bits per heavy atom. The monoisotopic (exact) mass is 369 g/mol. The van der Waals surface area contributed by atoms with Gasteiger partial charge in [-0.2, -0.15) is 0 Å². The zero-order chi connectivity index (χ0) is 19.4. The maximum atomic E-state index is 11.6. The Labute approximate surface area is 159 Å². The van der Waals surface area contributed by atoms with E-state index in [4.69, 9.17) is 4.74 Å². The largest absolute Gasteiger partial charge is 0.444 e. The van der Waals surface area contributed by atoms with Crippen LogP contribution in [0.2, 0.25) is 0 Å². The van der Waals surface area contributed by atoms with E-state index < -0.39 is 5.60 Å². The third-order valence-electron chi connectivity index (χ3n) is 4.45. The first kappa shape index (κ1) is 22.5. The van der Waals surface area contributed by atoms with Crippen molar-refractivity contribution in [2.45, 2.75) is 71.4 Å². The zero-order valence-corrected chi connectivity index (χ0v) is 17.4. The predicted octanol–water partition coefficient (Wildman–Crippen LogP) is 2.33. The Bertz CT molecular complexity index is 434. The molecule has 26 heavy (non-hydrogen) atoms. The molecule has 1 saturated heterocycles. The molecule has 1 fully saturated rings.